The van der Waals surface area contributed by atoms with Crippen LogP contribution in [0.3, 0.4) is 0 Å². The maximum Gasteiger partial charge on any atom is 0.254 e. The average molecular weight is 528 g/mol. The van der Waals surface area contributed by atoms with Crippen LogP contribution in [0.2, 0.25) is 5.02 Å². The summed E-state index contributed by atoms with van der Waals surface area (Å²) in [6, 6.07) is 12.6. The van der Waals surface area contributed by atoms with Crippen LogP contribution >= 0.6 is 11.6 Å². The quantitative estimate of drug-likeness (QED) is 0.492. The summed E-state index contributed by atoms with van der Waals surface area (Å²) in [7, 11) is 3.13. The van der Waals surface area contributed by atoms with Crippen LogP contribution in [0.4, 0.5) is 5.69 Å². The molecule has 0 aromatic heterocycles. The molecule has 200 valence electrons. The average Bonchev–Trinajstić information content (AvgIpc) is 2.91. The number of ether oxygens (including phenoxy) is 2. The lowest BCUT2D eigenvalue weighted by atomic mass is 9.82. The van der Waals surface area contributed by atoms with Crippen LogP contribution in [-0.2, 0) is 4.79 Å². The van der Waals surface area contributed by atoms with Crippen molar-refractivity contribution in [3.63, 3.8) is 0 Å². The fourth-order valence-corrected chi connectivity index (χ4v) is 5.75. The van der Waals surface area contributed by atoms with Crippen LogP contribution in [0.5, 0.6) is 11.5 Å². The van der Waals surface area contributed by atoms with Gasteiger partial charge in [0.2, 0.25) is 5.91 Å². The number of anilines is 1. The highest BCUT2D eigenvalue weighted by molar-refractivity contribution is 6.30. The Morgan fingerprint density at radius 2 is 1.65 bits per heavy atom. The number of methoxy groups -OCH3 is 2. The molecule has 2 atom stereocenters. The molecule has 0 spiro atoms. The zero-order chi connectivity index (χ0) is 26.6. The first kappa shape index (κ1) is 27.3. The van der Waals surface area contributed by atoms with Crippen molar-refractivity contribution in [1.29, 1.82) is 0 Å². The van der Waals surface area contributed by atoms with E-state index in [4.69, 9.17) is 21.1 Å². The molecule has 1 unspecified atom stereocenters. The molecule has 4 rings (SSSR count). The molecule has 7 nitrogen and oxygen atoms in total. The highest BCUT2D eigenvalue weighted by Gasteiger charge is 2.42. The zero-order valence-electron chi connectivity index (χ0n) is 22.3. The molecule has 2 aliphatic heterocycles. The van der Waals surface area contributed by atoms with Gasteiger partial charge in [-0.3, -0.25) is 9.59 Å². The van der Waals surface area contributed by atoms with Gasteiger partial charge in [-0.25, -0.2) is 0 Å². The van der Waals surface area contributed by atoms with E-state index in [1.54, 1.807) is 61.6 Å². The van der Waals surface area contributed by atoms with E-state index in [0.717, 1.165) is 32.4 Å². The minimum atomic E-state index is -1.12. The number of rotatable bonds is 8. The number of benzene rings is 2. The molecule has 0 aliphatic carbocycles. The van der Waals surface area contributed by atoms with E-state index in [-0.39, 0.29) is 11.8 Å². The summed E-state index contributed by atoms with van der Waals surface area (Å²) in [4.78, 5) is 32.1. The molecule has 2 fully saturated rings. The second kappa shape index (κ2) is 11.7. The Kier molecular flexibility index (Phi) is 8.65. The minimum Gasteiger partial charge on any atom is -0.497 e. The highest BCUT2D eigenvalue weighted by atomic mass is 35.5. The number of piperidine rings is 2. The Balaban J connectivity index is 1.63. The SMILES string of the molecule is COc1cc(NC(=O)C(C)(C)N(CC2CCCN3CCCC[C@@H]23)C(=O)c2ccc(Cl)cc2)cc(OC)c1. The number of halogens is 1. The van der Waals surface area contributed by atoms with Gasteiger partial charge in [-0.05, 0) is 82.8 Å². The Morgan fingerprint density at radius 1 is 1.00 bits per heavy atom. The second-order valence-electron chi connectivity index (χ2n) is 10.5. The van der Waals surface area contributed by atoms with Gasteiger partial charge in [0.1, 0.15) is 17.0 Å². The lowest BCUT2D eigenvalue weighted by Gasteiger charge is -2.47. The maximum absolute atomic E-state index is 13.9. The molecule has 37 heavy (non-hydrogen) atoms. The number of hydrogen-bond acceptors (Lipinski definition) is 5. The van der Waals surface area contributed by atoms with Gasteiger partial charge in [0.15, 0.2) is 0 Å². The third-order valence-electron chi connectivity index (χ3n) is 7.82. The van der Waals surface area contributed by atoms with Crippen molar-refractivity contribution in [1.82, 2.24) is 9.80 Å². The summed E-state index contributed by atoms with van der Waals surface area (Å²) >= 11 is 6.09. The first-order chi connectivity index (χ1) is 17.7. The van der Waals surface area contributed by atoms with Gasteiger partial charge in [0.25, 0.3) is 5.91 Å². The highest BCUT2D eigenvalue weighted by Crippen LogP contribution is 2.34. The Morgan fingerprint density at radius 3 is 2.30 bits per heavy atom. The number of carbonyl (C=O) groups excluding carboxylic acids is 2. The normalized spacial score (nSPS) is 20.0. The molecule has 2 aliphatic rings. The predicted molar refractivity (Wildman–Crippen MR) is 147 cm³/mol. The van der Waals surface area contributed by atoms with E-state index in [1.807, 2.05) is 13.8 Å². The third-order valence-corrected chi connectivity index (χ3v) is 8.07. The van der Waals surface area contributed by atoms with Crippen molar-refractivity contribution in [2.45, 2.75) is 57.5 Å². The number of carbonyl (C=O) groups is 2. The summed E-state index contributed by atoms with van der Waals surface area (Å²) in [5, 5.41) is 3.56. The van der Waals surface area contributed by atoms with Crippen molar-refractivity contribution in [3.05, 3.63) is 53.1 Å². The molecular weight excluding hydrogens is 490 g/mol. The van der Waals surface area contributed by atoms with Gasteiger partial charge in [-0.15, -0.1) is 0 Å². The maximum atomic E-state index is 13.9. The molecule has 1 N–H and O–H groups in total. The lowest BCUT2D eigenvalue weighted by molar-refractivity contribution is -0.125. The summed E-state index contributed by atoms with van der Waals surface area (Å²) in [5.74, 6) is 1.01. The molecule has 0 saturated carbocycles. The first-order valence-electron chi connectivity index (χ1n) is 13.1. The predicted octanol–water partition coefficient (Wildman–Crippen LogP) is 5.48. The molecular formula is C29H38ClN3O4. The van der Waals surface area contributed by atoms with Gasteiger partial charge in [-0.2, -0.15) is 0 Å². The van der Waals surface area contributed by atoms with Crippen LogP contribution < -0.4 is 14.8 Å². The monoisotopic (exact) mass is 527 g/mol. The Hall–Kier alpha value is -2.77. The molecule has 0 radical (unpaired) electrons. The summed E-state index contributed by atoms with van der Waals surface area (Å²) in [6.45, 7) is 6.39. The molecule has 2 amide bonds. The number of nitrogens with zero attached hydrogens (tertiary/aromatic N) is 2. The third kappa shape index (κ3) is 6.21. The van der Waals surface area contributed by atoms with Crippen molar-refractivity contribution < 1.29 is 19.1 Å². The summed E-state index contributed by atoms with van der Waals surface area (Å²) < 4.78 is 10.7. The molecule has 2 aromatic rings. The largest absolute Gasteiger partial charge is 0.497 e. The molecule has 8 heteroatoms. The standard InChI is InChI=1S/C29H38ClN3O4/c1-29(2,28(35)31-23-16-24(36-3)18-25(17-23)37-4)33(27(34)20-10-12-22(30)13-11-20)19-21-8-7-15-32-14-6-5-9-26(21)32/h10-13,16-18,21,26H,5-9,14-15,19H2,1-4H3,(H,31,35)/t21?,26-/m0/s1. The van der Waals surface area contributed by atoms with Gasteiger partial charge in [0.05, 0.1) is 14.2 Å². The Labute approximate surface area is 225 Å². The number of hydrogen-bond donors (Lipinski definition) is 1. The van der Waals surface area contributed by atoms with E-state index in [1.165, 1.54) is 12.8 Å². The summed E-state index contributed by atoms with van der Waals surface area (Å²) in [6.07, 6.45) is 5.75. The van der Waals surface area contributed by atoms with Crippen LogP contribution in [-0.4, -0.2) is 67.0 Å². The van der Waals surface area contributed by atoms with Crippen LogP contribution in [0, 0.1) is 5.92 Å². The van der Waals surface area contributed by atoms with E-state index < -0.39 is 5.54 Å². The van der Waals surface area contributed by atoms with Crippen molar-refractivity contribution in [2.75, 3.05) is 39.2 Å². The van der Waals surface area contributed by atoms with Crippen molar-refractivity contribution >= 4 is 29.1 Å². The van der Waals surface area contributed by atoms with E-state index >= 15 is 0 Å². The second-order valence-corrected chi connectivity index (χ2v) is 11.0. The van der Waals surface area contributed by atoms with Gasteiger partial charge >= 0.3 is 0 Å². The van der Waals surface area contributed by atoms with Crippen molar-refractivity contribution in [3.8, 4) is 11.5 Å². The van der Waals surface area contributed by atoms with Crippen molar-refractivity contribution in [2.24, 2.45) is 5.92 Å². The molecule has 2 heterocycles. The number of fused-ring (bicyclic) bond motifs is 1. The summed E-state index contributed by atoms with van der Waals surface area (Å²) in [5.41, 5.74) is -0.0572. The topological polar surface area (TPSA) is 71.1 Å². The lowest BCUT2D eigenvalue weighted by Crippen LogP contribution is -2.59. The smallest absolute Gasteiger partial charge is 0.254 e. The van der Waals surface area contributed by atoms with Gasteiger partial charge in [-0.1, -0.05) is 18.0 Å². The van der Waals surface area contributed by atoms with Gasteiger partial charge < -0.3 is 24.6 Å². The molecule has 2 aromatic carbocycles. The number of amides is 2. The first-order valence-corrected chi connectivity index (χ1v) is 13.5. The van der Waals surface area contributed by atoms with Gasteiger partial charge in [0, 0.05) is 47.1 Å². The number of nitrogens with one attached hydrogen (secondary N) is 1. The van der Waals surface area contributed by atoms with E-state index in [2.05, 4.69) is 10.2 Å². The Bertz CT molecular complexity index is 1080. The van der Waals surface area contributed by atoms with E-state index in [9.17, 15) is 9.59 Å². The van der Waals surface area contributed by atoms with Crippen LogP contribution in [0.1, 0.15) is 56.3 Å². The fraction of sp³-hybridized carbons (Fsp3) is 0.517. The van der Waals surface area contributed by atoms with Crippen LogP contribution in [0.15, 0.2) is 42.5 Å². The zero-order valence-corrected chi connectivity index (χ0v) is 23.0. The molecule has 2 saturated heterocycles. The molecule has 0 bridgehead atoms. The van der Waals surface area contributed by atoms with E-state index in [0.29, 0.717) is 46.3 Å². The fourth-order valence-electron chi connectivity index (χ4n) is 5.62. The van der Waals surface area contributed by atoms with Crippen LogP contribution in [0.25, 0.3) is 0 Å². The minimum absolute atomic E-state index is 0.173.